The summed E-state index contributed by atoms with van der Waals surface area (Å²) in [5, 5.41) is 4.46. The minimum atomic E-state index is -3.78. The van der Waals surface area contributed by atoms with E-state index in [-0.39, 0.29) is 11.4 Å². The van der Waals surface area contributed by atoms with Crippen LogP contribution < -0.4 is 10.1 Å². The Morgan fingerprint density at radius 1 is 1.00 bits per heavy atom. The van der Waals surface area contributed by atoms with E-state index < -0.39 is 15.9 Å². The molecule has 3 rings (SSSR count). The van der Waals surface area contributed by atoms with Crippen LogP contribution in [0, 0.1) is 0 Å². The molecule has 0 unspecified atom stereocenters. The molecular formula is C20H20N2O4S. The molecule has 1 N–H and O–H groups in total. The van der Waals surface area contributed by atoms with Crippen molar-refractivity contribution in [2.75, 3.05) is 26.0 Å². The van der Waals surface area contributed by atoms with Crippen LogP contribution in [-0.4, -0.2) is 39.3 Å². The van der Waals surface area contributed by atoms with E-state index in [2.05, 4.69) is 5.32 Å². The number of nitrogens with one attached hydrogen (secondary N) is 1. The van der Waals surface area contributed by atoms with E-state index in [1.807, 2.05) is 24.3 Å². The molecule has 0 bridgehead atoms. The van der Waals surface area contributed by atoms with Gasteiger partial charge in [-0.25, -0.2) is 8.42 Å². The number of hydrogen-bond acceptors (Lipinski definition) is 4. The number of likely N-dealkylation sites (N-methyl/N-ethyl adjacent to an activating group) is 1. The molecule has 0 aromatic heterocycles. The van der Waals surface area contributed by atoms with Crippen LogP contribution in [0.2, 0.25) is 0 Å². The van der Waals surface area contributed by atoms with Gasteiger partial charge < -0.3 is 10.1 Å². The van der Waals surface area contributed by atoms with E-state index in [1.54, 1.807) is 49.6 Å². The van der Waals surface area contributed by atoms with E-state index in [9.17, 15) is 13.2 Å². The van der Waals surface area contributed by atoms with Crippen molar-refractivity contribution in [2.24, 2.45) is 0 Å². The van der Waals surface area contributed by atoms with E-state index in [0.29, 0.717) is 11.4 Å². The lowest BCUT2D eigenvalue weighted by Crippen LogP contribution is -2.34. The van der Waals surface area contributed by atoms with Gasteiger partial charge >= 0.3 is 0 Å². The third kappa shape index (κ3) is 4.27. The van der Waals surface area contributed by atoms with Gasteiger partial charge in [0.1, 0.15) is 5.75 Å². The Hall–Kier alpha value is -2.90. The van der Waals surface area contributed by atoms with Crippen molar-refractivity contribution in [3.05, 3.63) is 66.7 Å². The highest BCUT2D eigenvalue weighted by atomic mass is 32.2. The first-order valence-electron chi connectivity index (χ1n) is 8.29. The highest BCUT2D eigenvalue weighted by molar-refractivity contribution is 7.89. The van der Waals surface area contributed by atoms with Crippen LogP contribution in [0.5, 0.6) is 5.75 Å². The van der Waals surface area contributed by atoms with Crippen molar-refractivity contribution in [1.82, 2.24) is 4.31 Å². The summed E-state index contributed by atoms with van der Waals surface area (Å²) in [5.41, 5.74) is 0.567. The van der Waals surface area contributed by atoms with Crippen LogP contribution in [0.25, 0.3) is 10.8 Å². The number of anilines is 1. The topological polar surface area (TPSA) is 75.7 Å². The van der Waals surface area contributed by atoms with E-state index in [1.165, 1.54) is 7.05 Å². The smallest absolute Gasteiger partial charge is 0.243 e. The Morgan fingerprint density at radius 2 is 1.67 bits per heavy atom. The number of rotatable bonds is 6. The fourth-order valence-electron chi connectivity index (χ4n) is 2.67. The summed E-state index contributed by atoms with van der Waals surface area (Å²) in [5.74, 6) is 0.246. The van der Waals surface area contributed by atoms with Gasteiger partial charge in [0.25, 0.3) is 0 Å². The molecular weight excluding hydrogens is 364 g/mol. The molecule has 0 fully saturated rings. The molecule has 0 atom stereocenters. The second kappa shape index (κ2) is 7.77. The summed E-state index contributed by atoms with van der Waals surface area (Å²) in [6.07, 6.45) is 0. The van der Waals surface area contributed by atoms with Gasteiger partial charge in [0, 0.05) is 12.7 Å². The first-order valence-corrected chi connectivity index (χ1v) is 9.73. The van der Waals surface area contributed by atoms with Gasteiger partial charge in [-0.1, -0.05) is 30.3 Å². The van der Waals surface area contributed by atoms with Crippen LogP contribution in [0.4, 0.5) is 5.69 Å². The quantitative estimate of drug-likeness (QED) is 0.709. The van der Waals surface area contributed by atoms with Gasteiger partial charge in [0.05, 0.1) is 18.6 Å². The fraction of sp³-hybridized carbons (Fsp3) is 0.150. The Balaban J connectivity index is 1.72. The standard InChI is InChI=1S/C20H20N2O4S/c1-22(14-20(23)21-17-8-10-18(26-2)11-9-17)27(24,25)19-12-7-15-5-3-4-6-16(15)13-19/h3-13H,14H2,1-2H3,(H,21,23). The predicted molar refractivity (Wildman–Crippen MR) is 105 cm³/mol. The van der Waals surface area contributed by atoms with Crippen molar-refractivity contribution in [1.29, 1.82) is 0 Å². The number of sulfonamides is 1. The maximum atomic E-state index is 12.8. The maximum Gasteiger partial charge on any atom is 0.243 e. The van der Waals surface area contributed by atoms with Gasteiger partial charge in [-0.2, -0.15) is 4.31 Å². The summed E-state index contributed by atoms with van der Waals surface area (Å²) in [7, 11) is -0.833. The lowest BCUT2D eigenvalue weighted by Gasteiger charge is -2.17. The average Bonchev–Trinajstić information content (AvgIpc) is 2.68. The second-order valence-electron chi connectivity index (χ2n) is 6.05. The number of ether oxygens (including phenoxy) is 1. The Morgan fingerprint density at radius 3 is 2.33 bits per heavy atom. The van der Waals surface area contributed by atoms with Crippen LogP contribution >= 0.6 is 0 Å². The van der Waals surface area contributed by atoms with E-state index in [0.717, 1.165) is 15.1 Å². The predicted octanol–water partition coefficient (Wildman–Crippen LogP) is 3.11. The van der Waals surface area contributed by atoms with Crippen LogP contribution in [0.15, 0.2) is 71.6 Å². The van der Waals surface area contributed by atoms with Crippen molar-refractivity contribution < 1.29 is 17.9 Å². The summed E-state index contributed by atoms with van der Waals surface area (Å²) >= 11 is 0. The van der Waals surface area contributed by atoms with Gasteiger partial charge in [0.2, 0.25) is 15.9 Å². The Bertz CT molecular complexity index is 1060. The van der Waals surface area contributed by atoms with Gasteiger partial charge in [-0.3, -0.25) is 4.79 Å². The number of methoxy groups -OCH3 is 1. The molecule has 0 saturated carbocycles. The molecule has 3 aromatic rings. The van der Waals surface area contributed by atoms with Crippen LogP contribution in [-0.2, 0) is 14.8 Å². The molecule has 27 heavy (non-hydrogen) atoms. The molecule has 0 heterocycles. The molecule has 0 radical (unpaired) electrons. The molecule has 0 spiro atoms. The highest BCUT2D eigenvalue weighted by Crippen LogP contribution is 2.21. The molecule has 0 aliphatic carbocycles. The van der Waals surface area contributed by atoms with Crippen molar-refractivity contribution in [3.63, 3.8) is 0 Å². The zero-order chi connectivity index (χ0) is 19.4. The Labute approximate surface area is 158 Å². The monoisotopic (exact) mass is 384 g/mol. The lowest BCUT2D eigenvalue weighted by atomic mass is 10.1. The van der Waals surface area contributed by atoms with Crippen LogP contribution in [0.1, 0.15) is 0 Å². The zero-order valence-corrected chi connectivity index (χ0v) is 15.9. The third-order valence-electron chi connectivity index (χ3n) is 4.17. The fourth-order valence-corrected chi connectivity index (χ4v) is 3.83. The average molecular weight is 384 g/mol. The summed E-state index contributed by atoms with van der Waals surface area (Å²) in [6.45, 7) is -0.290. The minimum absolute atomic E-state index is 0.154. The number of carbonyl (C=O) groups is 1. The zero-order valence-electron chi connectivity index (χ0n) is 15.0. The third-order valence-corrected chi connectivity index (χ3v) is 5.97. The number of carbonyl (C=O) groups excluding carboxylic acids is 1. The highest BCUT2D eigenvalue weighted by Gasteiger charge is 2.23. The molecule has 140 valence electrons. The van der Waals surface area contributed by atoms with Crippen molar-refractivity contribution in [2.45, 2.75) is 4.90 Å². The largest absolute Gasteiger partial charge is 0.497 e. The molecule has 0 saturated heterocycles. The van der Waals surface area contributed by atoms with Crippen molar-refractivity contribution in [3.8, 4) is 5.75 Å². The van der Waals surface area contributed by atoms with E-state index >= 15 is 0 Å². The summed E-state index contributed by atoms with van der Waals surface area (Å²) in [4.78, 5) is 12.4. The minimum Gasteiger partial charge on any atom is -0.497 e. The lowest BCUT2D eigenvalue weighted by molar-refractivity contribution is -0.116. The van der Waals surface area contributed by atoms with Gasteiger partial charge in [-0.15, -0.1) is 0 Å². The molecule has 3 aromatic carbocycles. The van der Waals surface area contributed by atoms with Crippen molar-refractivity contribution >= 4 is 32.4 Å². The molecule has 0 aliphatic heterocycles. The number of hydrogen-bond donors (Lipinski definition) is 1. The first kappa shape index (κ1) is 18.9. The summed E-state index contributed by atoms with van der Waals surface area (Å²) in [6, 6.07) is 19.2. The second-order valence-corrected chi connectivity index (χ2v) is 8.09. The molecule has 6 nitrogen and oxygen atoms in total. The molecule has 7 heteroatoms. The van der Waals surface area contributed by atoms with Gasteiger partial charge in [0.15, 0.2) is 0 Å². The Kier molecular flexibility index (Phi) is 5.43. The molecule has 1 amide bonds. The first-order chi connectivity index (χ1) is 12.9. The number of amides is 1. The normalized spacial score (nSPS) is 11.5. The summed E-state index contributed by atoms with van der Waals surface area (Å²) < 4.78 is 31.7. The maximum absolute atomic E-state index is 12.8. The SMILES string of the molecule is COc1ccc(NC(=O)CN(C)S(=O)(=O)c2ccc3ccccc3c2)cc1. The number of benzene rings is 3. The molecule has 0 aliphatic rings. The van der Waals surface area contributed by atoms with Crippen LogP contribution in [0.3, 0.4) is 0 Å². The van der Waals surface area contributed by atoms with E-state index in [4.69, 9.17) is 4.74 Å². The number of nitrogens with zero attached hydrogens (tertiary/aromatic N) is 1. The van der Waals surface area contributed by atoms with Gasteiger partial charge in [-0.05, 0) is 47.2 Å². The number of fused-ring (bicyclic) bond motifs is 1.